The zero-order valence-electron chi connectivity index (χ0n) is 21.6. The van der Waals surface area contributed by atoms with Gasteiger partial charge in [0.1, 0.15) is 0 Å². The molecule has 3 aromatic rings. The van der Waals surface area contributed by atoms with Crippen molar-refractivity contribution in [1.29, 1.82) is 0 Å². The SMILES string of the molecule is CC(C)c1ccc(NC(=O)N2CCc3nc(N4CCN(C)CC4)nc(Oc4ccccc4F)c3C2)cc1. The maximum absolute atomic E-state index is 14.5. The summed E-state index contributed by atoms with van der Waals surface area (Å²) in [5.74, 6) is 0.932. The summed E-state index contributed by atoms with van der Waals surface area (Å²) in [6.07, 6.45) is 0.561. The molecule has 0 bridgehead atoms. The topological polar surface area (TPSA) is 73.8 Å². The number of likely N-dealkylation sites (N-methyl/N-ethyl adjacent to an activating group) is 1. The number of ether oxygens (including phenoxy) is 1. The second-order valence-electron chi connectivity index (χ2n) is 9.96. The first-order valence-corrected chi connectivity index (χ1v) is 12.8. The number of rotatable bonds is 5. The van der Waals surface area contributed by atoms with Gasteiger partial charge in [-0.05, 0) is 42.8 Å². The Morgan fingerprint density at radius 3 is 2.43 bits per heavy atom. The second kappa shape index (κ2) is 10.7. The van der Waals surface area contributed by atoms with Crippen LogP contribution in [0, 0.1) is 5.82 Å². The molecule has 0 saturated carbocycles. The number of para-hydroxylation sites is 1. The molecule has 8 nitrogen and oxygen atoms in total. The smallest absolute Gasteiger partial charge is 0.322 e. The molecule has 1 N–H and O–H groups in total. The lowest BCUT2D eigenvalue weighted by Crippen LogP contribution is -2.45. The first-order valence-electron chi connectivity index (χ1n) is 12.8. The van der Waals surface area contributed by atoms with Crippen molar-refractivity contribution in [2.24, 2.45) is 0 Å². The third kappa shape index (κ3) is 5.67. The molecule has 0 radical (unpaired) electrons. The van der Waals surface area contributed by atoms with Crippen LogP contribution >= 0.6 is 0 Å². The minimum absolute atomic E-state index is 0.0968. The molecule has 1 fully saturated rings. The summed E-state index contributed by atoms with van der Waals surface area (Å²) < 4.78 is 20.5. The van der Waals surface area contributed by atoms with Gasteiger partial charge in [-0.3, -0.25) is 0 Å². The van der Waals surface area contributed by atoms with Gasteiger partial charge in [-0.1, -0.05) is 38.1 Å². The van der Waals surface area contributed by atoms with Crippen LogP contribution in [0.15, 0.2) is 48.5 Å². The second-order valence-corrected chi connectivity index (χ2v) is 9.96. The minimum Gasteiger partial charge on any atom is -0.435 e. The van der Waals surface area contributed by atoms with Gasteiger partial charge in [-0.2, -0.15) is 4.98 Å². The number of fused-ring (bicyclic) bond motifs is 1. The van der Waals surface area contributed by atoms with Crippen LogP contribution in [0.2, 0.25) is 0 Å². The van der Waals surface area contributed by atoms with Crippen molar-refractivity contribution in [3.63, 3.8) is 0 Å². The van der Waals surface area contributed by atoms with E-state index in [1.54, 1.807) is 23.1 Å². The number of carbonyl (C=O) groups is 1. The predicted octanol–water partition coefficient (Wildman–Crippen LogP) is 4.87. The highest BCUT2D eigenvalue weighted by Gasteiger charge is 2.29. The summed E-state index contributed by atoms with van der Waals surface area (Å²) in [7, 11) is 2.09. The number of piperazine rings is 1. The molecule has 1 saturated heterocycles. The Morgan fingerprint density at radius 1 is 1.00 bits per heavy atom. The maximum atomic E-state index is 14.5. The standard InChI is InChI=1S/C28H33FN6O2/c1-19(2)20-8-10-21(11-9-20)30-28(36)35-13-12-24-22(18-35)26(37-25-7-5-4-6-23(25)29)32-27(31-24)34-16-14-33(3)15-17-34/h4-11,19H,12-18H2,1-3H3,(H,30,36). The average molecular weight is 505 g/mol. The molecule has 5 rings (SSSR count). The largest absolute Gasteiger partial charge is 0.435 e. The lowest BCUT2D eigenvalue weighted by Gasteiger charge is -2.34. The fraction of sp³-hybridized carbons (Fsp3) is 0.393. The molecule has 2 aliphatic rings. The van der Waals surface area contributed by atoms with E-state index in [1.165, 1.54) is 11.6 Å². The van der Waals surface area contributed by atoms with Crippen LogP contribution in [0.5, 0.6) is 11.6 Å². The van der Waals surface area contributed by atoms with Crippen molar-refractivity contribution in [2.45, 2.75) is 32.7 Å². The van der Waals surface area contributed by atoms with Crippen LogP contribution in [-0.2, 0) is 13.0 Å². The molecule has 0 spiro atoms. The van der Waals surface area contributed by atoms with Crippen LogP contribution in [-0.4, -0.2) is 65.6 Å². The average Bonchev–Trinajstić information content (AvgIpc) is 2.90. The number of nitrogens with zero attached hydrogens (tertiary/aromatic N) is 5. The van der Waals surface area contributed by atoms with Gasteiger partial charge in [0.15, 0.2) is 11.6 Å². The van der Waals surface area contributed by atoms with Crippen LogP contribution in [0.3, 0.4) is 0 Å². The Kier molecular flexibility index (Phi) is 7.23. The molecule has 0 unspecified atom stereocenters. The number of anilines is 2. The lowest BCUT2D eigenvalue weighted by molar-refractivity contribution is 0.204. The van der Waals surface area contributed by atoms with Crippen molar-refractivity contribution < 1.29 is 13.9 Å². The first kappa shape index (κ1) is 25.0. The Bertz CT molecular complexity index is 1260. The summed E-state index contributed by atoms with van der Waals surface area (Å²) in [6.45, 7) is 8.50. The molecule has 2 aliphatic heterocycles. The Labute approximate surface area is 217 Å². The van der Waals surface area contributed by atoms with E-state index < -0.39 is 5.82 Å². The van der Waals surface area contributed by atoms with E-state index in [9.17, 15) is 9.18 Å². The first-order chi connectivity index (χ1) is 17.9. The number of urea groups is 1. The highest BCUT2D eigenvalue weighted by atomic mass is 19.1. The normalized spacial score (nSPS) is 16.0. The Balaban J connectivity index is 1.40. The zero-order chi connectivity index (χ0) is 25.9. The third-order valence-electron chi connectivity index (χ3n) is 6.96. The number of amides is 2. The highest BCUT2D eigenvalue weighted by Crippen LogP contribution is 2.33. The number of hydrogen-bond donors (Lipinski definition) is 1. The van der Waals surface area contributed by atoms with Gasteiger partial charge >= 0.3 is 6.03 Å². The molecule has 2 amide bonds. The molecular formula is C28H33FN6O2. The minimum atomic E-state index is -0.466. The molecule has 0 atom stereocenters. The molecular weight excluding hydrogens is 471 g/mol. The molecule has 0 aliphatic carbocycles. The van der Waals surface area contributed by atoms with Gasteiger partial charge < -0.3 is 24.8 Å². The van der Waals surface area contributed by atoms with Gasteiger partial charge in [-0.25, -0.2) is 14.2 Å². The van der Waals surface area contributed by atoms with Crippen LogP contribution in [0.4, 0.5) is 20.8 Å². The Morgan fingerprint density at radius 2 is 1.73 bits per heavy atom. The number of halogens is 1. The van der Waals surface area contributed by atoms with Gasteiger partial charge in [0.25, 0.3) is 0 Å². The summed E-state index contributed by atoms with van der Waals surface area (Å²) in [6, 6.07) is 14.0. The lowest BCUT2D eigenvalue weighted by atomic mass is 10.0. The van der Waals surface area contributed by atoms with Crippen molar-refractivity contribution in [1.82, 2.24) is 19.8 Å². The van der Waals surface area contributed by atoms with Crippen molar-refractivity contribution in [2.75, 3.05) is 50.0 Å². The number of carbonyl (C=O) groups excluding carboxylic acids is 1. The van der Waals surface area contributed by atoms with E-state index in [4.69, 9.17) is 14.7 Å². The highest BCUT2D eigenvalue weighted by molar-refractivity contribution is 5.89. The van der Waals surface area contributed by atoms with Crippen molar-refractivity contribution in [3.05, 3.63) is 71.2 Å². The number of benzene rings is 2. The molecule has 3 heterocycles. The van der Waals surface area contributed by atoms with Crippen LogP contribution < -0.4 is 15.0 Å². The summed E-state index contributed by atoms with van der Waals surface area (Å²) in [5, 5.41) is 2.99. The number of nitrogens with one attached hydrogen (secondary N) is 1. The van der Waals surface area contributed by atoms with Crippen molar-refractivity contribution in [3.8, 4) is 11.6 Å². The van der Waals surface area contributed by atoms with Gasteiger partial charge in [0.2, 0.25) is 11.8 Å². The summed E-state index contributed by atoms with van der Waals surface area (Å²) >= 11 is 0. The van der Waals surface area contributed by atoms with Gasteiger partial charge in [0, 0.05) is 44.8 Å². The molecule has 1 aromatic heterocycles. The van der Waals surface area contributed by atoms with Crippen LogP contribution in [0.1, 0.15) is 36.6 Å². The third-order valence-corrected chi connectivity index (χ3v) is 6.96. The quantitative estimate of drug-likeness (QED) is 0.534. The molecule has 194 valence electrons. The van der Waals surface area contributed by atoms with Crippen LogP contribution in [0.25, 0.3) is 0 Å². The maximum Gasteiger partial charge on any atom is 0.322 e. The molecule has 37 heavy (non-hydrogen) atoms. The van der Waals surface area contributed by atoms with E-state index in [1.807, 2.05) is 24.3 Å². The fourth-order valence-electron chi connectivity index (χ4n) is 4.56. The Hall–Kier alpha value is -3.72. The molecule has 9 heteroatoms. The fourth-order valence-corrected chi connectivity index (χ4v) is 4.56. The van der Waals surface area contributed by atoms with Crippen molar-refractivity contribution >= 4 is 17.7 Å². The van der Waals surface area contributed by atoms with E-state index in [0.29, 0.717) is 36.3 Å². The summed E-state index contributed by atoms with van der Waals surface area (Å²) in [4.78, 5) is 28.8. The zero-order valence-corrected chi connectivity index (χ0v) is 21.6. The van der Waals surface area contributed by atoms with E-state index in [-0.39, 0.29) is 18.3 Å². The number of hydrogen-bond acceptors (Lipinski definition) is 6. The van der Waals surface area contributed by atoms with Gasteiger partial charge in [-0.15, -0.1) is 0 Å². The van der Waals surface area contributed by atoms with E-state index >= 15 is 0 Å². The predicted molar refractivity (Wildman–Crippen MR) is 142 cm³/mol. The monoisotopic (exact) mass is 504 g/mol. The number of aromatic nitrogens is 2. The van der Waals surface area contributed by atoms with Gasteiger partial charge in [0.05, 0.1) is 17.8 Å². The molecule has 2 aromatic carbocycles. The van der Waals surface area contributed by atoms with E-state index in [0.717, 1.165) is 37.6 Å². The van der Waals surface area contributed by atoms with E-state index in [2.05, 4.69) is 36.0 Å². The summed E-state index contributed by atoms with van der Waals surface area (Å²) in [5.41, 5.74) is 3.50.